The van der Waals surface area contributed by atoms with Crippen LogP contribution < -0.4 is 10.6 Å². The number of carbonyl (C=O) groups is 2. The number of carbonyl (C=O) groups excluding carboxylic acids is 2. The molecule has 5 nitrogen and oxygen atoms in total. The lowest BCUT2D eigenvalue weighted by Gasteiger charge is -2.32. The lowest BCUT2D eigenvalue weighted by Crippen LogP contribution is -2.47. The van der Waals surface area contributed by atoms with Crippen molar-refractivity contribution in [3.8, 4) is 0 Å². The smallest absolute Gasteiger partial charge is 0.261 e. The van der Waals surface area contributed by atoms with E-state index in [4.69, 9.17) is 11.6 Å². The summed E-state index contributed by atoms with van der Waals surface area (Å²) >= 11 is 7.28. The number of amides is 2. The van der Waals surface area contributed by atoms with E-state index in [0.29, 0.717) is 4.88 Å². The summed E-state index contributed by atoms with van der Waals surface area (Å²) < 4.78 is 0. The molecule has 1 aliphatic rings. The number of halogens is 1. The zero-order valence-electron chi connectivity index (χ0n) is 14.4. The average molecular weight is 392 g/mol. The first-order valence-corrected chi connectivity index (χ1v) is 9.94. The summed E-state index contributed by atoms with van der Waals surface area (Å²) in [4.78, 5) is 26.9. The third-order valence-electron chi connectivity index (χ3n) is 4.43. The van der Waals surface area contributed by atoms with Crippen LogP contribution in [0.25, 0.3) is 0 Å². The highest BCUT2D eigenvalue weighted by molar-refractivity contribution is 7.12. The fraction of sp³-hybridized carbons (Fsp3) is 0.368. The van der Waals surface area contributed by atoms with Gasteiger partial charge in [-0.25, -0.2) is 0 Å². The van der Waals surface area contributed by atoms with Gasteiger partial charge >= 0.3 is 0 Å². The molecule has 1 saturated heterocycles. The van der Waals surface area contributed by atoms with Crippen LogP contribution in [-0.2, 0) is 11.3 Å². The second-order valence-corrected chi connectivity index (χ2v) is 7.79. The van der Waals surface area contributed by atoms with Crippen LogP contribution >= 0.6 is 22.9 Å². The first-order valence-electron chi connectivity index (χ1n) is 8.68. The standard InChI is InChI=1S/C19H22ClN3O2S/c20-15-5-3-14(4-6-15)13-23-9-7-16(8-10-23)22-18(24)12-21-19(25)17-2-1-11-26-17/h1-6,11,16H,7-10,12-13H2,(H,21,25)(H,22,24). The number of hydrogen-bond donors (Lipinski definition) is 2. The highest BCUT2D eigenvalue weighted by Crippen LogP contribution is 2.16. The number of piperidine rings is 1. The molecule has 138 valence electrons. The molecule has 0 bridgehead atoms. The maximum absolute atomic E-state index is 12.0. The Morgan fingerprint density at radius 3 is 2.54 bits per heavy atom. The molecule has 0 unspecified atom stereocenters. The van der Waals surface area contributed by atoms with Gasteiger partial charge in [0.15, 0.2) is 0 Å². The van der Waals surface area contributed by atoms with Crippen molar-refractivity contribution in [2.24, 2.45) is 0 Å². The molecule has 2 aromatic rings. The van der Waals surface area contributed by atoms with Crippen LogP contribution in [0.1, 0.15) is 28.1 Å². The number of likely N-dealkylation sites (tertiary alicyclic amines) is 1. The van der Waals surface area contributed by atoms with Crippen molar-refractivity contribution in [3.63, 3.8) is 0 Å². The number of benzene rings is 1. The summed E-state index contributed by atoms with van der Waals surface area (Å²) in [5, 5.41) is 8.27. The molecule has 7 heteroatoms. The van der Waals surface area contributed by atoms with Crippen LogP contribution in [0.2, 0.25) is 5.02 Å². The molecule has 2 heterocycles. The van der Waals surface area contributed by atoms with Crippen molar-refractivity contribution in [1.29, 1.82) is 0 Å². The quantitative estimate of drug-likeness (QED) is 0.795. The van der Waals surface area contributed by atoms with Gasteiger partial charge in [0.05, 0.1) is 11.4 Å². The van der Waals surface area contributed by atoms with Crippen LogP contribution in [0.4, 0.5) is 0 Å². The highest BCUT2D eigenvalue weighted by Gasteiger charge is 2.21. The Bertz CT molecular complexity index is 726. The average Bonchev–Trinajstić information content (AvgIpc) is 3.18. The van der Waals surface area contributed by atoms with Crippen LogP contribution in [0, 0.1) is 0 Å². The van der Waals surface area contributed by atoms with E-state index >= 15 is 0 Å². The summed E-state index contributed by atoms with van der Waals surface area (Å²) in [6.07, 6.45) is 1.83. The molecule has 0 radical (unpaired) electrons. The van der Waals surface area contributed by atoms with Gasteiger partial charge < -0.3 is 10.6 Å². The Hall–Kier alpha value is -1.89. The summed E-state index contributed by atoms with van der Waals surface area (Å²) in [6, 6.07) is 11.6. The fourth-order valence-electron chi connectivity index (χ4n) is 3.02. The summed E-state index contributed by atoms with van der Waals surface area (Å²) in [5.74, 6) is -0.334. The van der Waals surface area contributed by atoms with E-state index in [-0.39, 0.29) is 24.4 Å². The summed E-state index contributed by atoms with van der Waals surface area (Å²) in [7, 11) is 0. The lowest BCUT2D eigenvalue weighted by atomic mass is 10.0. The van der Waals surface area contributed by atoms with Crippen molar-refractivity contribution in [2.45, 2.75) is 25.4 Å². The predicted octanol–water partition coefficient (Wildman–Crippen LogP) is 2.91. The van der Waals surface area contributed by atoms with Gasteiger partial charge in [0, 0.05) is 30.7 Å². The molecular weight excluding hydrogens is 370 g/mol. The Labute approximate surface area is 162 Å². The van der Waals surface area contributed by atoms with Crippen molar-refractivity contribution in [2.75, 3.05) is 19.6 Å². The first-order chi connectivity index (χ1) is 12.6. The maximum atomic E-state index is 12.0. The van der Waals surface area contributed by atoms with E-state index < -0.39 is 0 Å². The monoisotopic (exact) mass is 391 g/mol. The molecule has 0 spiro atoms. The van der Waals surface area contributed by atoms with Gasteiger partial charge in [-0.1, -0.05) is 29.8 Å². The second kappa shape index (κ2) is 9.16. The largest absolute Gasteiger partial charge is 0.352 e. The highest BCUT2D eigenvalue weighted by atomic mass is 35.5. The van der Waals surface area contributed by atoms with Gasteiger partial charge in [0.1, 0.15) is 0 Å². The molecule has 0 atom stereocenters. The van der Waals surface area contributed by atoms with Crippen molar-refractivity contribution < 1.29 is 9.59 Å². The molecule has 1 aromatic carbocycles. The van der Waals surface area contributed by atoms with E-state index in [1.54, 1.807) is 6.07 Å². The van der Waals surface area contributed by atoms with E-state index in [1.165, 1.54) is 16.9 Å². The minimum absolute atomic E-state index is 0.0156. The molecule has 2 N–H and O–H groups in total. The Balaban J connectivity index is 1.36. The minimum atomic E-state index is -0.201. The number of nitrogens with zero attached hydrogens (tertiary/aromatic N) is 1. The molecule has 0 saturated carbocycles. The molecule has 26 heavy (non-hydrogen) atoms. The summed E-state index contributed by atoms with van der Waals surface area (Å²) in [6.45, 7) is 2.79. The van der Waals surface area contributed by atoms with Gasteiger partial charge in [-0.05, 0) is 42.0 Å². The van der Waals surface area contributed by atoms with E-state index in [0.717, 1.165) is 37.5 Å². The molecular formula is C19H22ClN3O2S. The molecule has 0 aliphatic carbocycles. The van der Waals surface area contributed by atoms with E-state index in [2.05, 4.69) is 15.5 Å². The van der Waals surface area contributed by atoms with Gasteiger partial charge in [0.2, 0.25) is 5.91 Å². The van der Waals surface area contributed by atoms with Crippen LogP contribution in [0.3, 0.4) is 0 Å². The topological polar surface area (TPSA) is 61.4 Å². The maximum Gasteiger partial charge on any atom is 0.261 e. The molecule has 1 aromatic heterocycles. The number of nitrogens with one attached hydrogen (secondary N) is 2. The van der Waals surface area contributed by atoms with Crippen molar-refractivity contribution in [1.82, 2.24) is 15.5 Å². The molecule has 1 fully saturated rings. The zero-order valence-corrected chi connectivity index (χ0v) is 16.0. The van der Waals surface area contributed by atoms with Gasteiger partial charge in [-0.2, -0.15) is 0 Å². The van der Waals surface area contributed by atoms with E-state index in [1.807, 2.05) is 35.7 Å². The van der Waals surface area contributed by atoms with Gasteiger partial charge in [0.25, 0.3) is 5.91 Å². The molecule has 3 rings (SSSR count). The lowest BCUT2D eigenvalue weighted by molar-refractivity contribution is -0.121. The number of rotatable bonds is 6. The number of thiophene rings is 1. The first kappa shape index (κ1) is 18.9. The Kier molecular flexibility index (Phi) is 6.66. The fourth-order valence-corrected chi connectivity index (χ4v) is 3.78. The third kappa shape index (κ3) is 5.56. The minimum Gasteiger partial charge on any atom is -0.352 e. The summed E-state index contributed by atoms with van der Waals surface area (Å²) in [5.41, 5.74) is 1.24. The third-order valence-corrected chi connectivity index (χ3v) is 5.55. The van der Waals surface area contributed by atoms with Crippen LogP contribution in [-0.4, -0.2) is 42.4 Å². The van der Waals surface area contributed by atoms with Crippen LogP contribution in [0.5, 0.6) is 0 Å². The Morgan fingerprint density at radius 1 is 1.15 bits per heavy atom. The zero-order chi connectivity index (χ0) is 18.4. The van der Waals surface area contributed by atoms with Gasteiger partial charge in [-0.15, -0.1) is 11.3 Å². The normalized spacial score (nSPS) is 15.6. The number of hydrogen-bond acceptors (Lipinski definition) is 4. The predicted molar refractivity (Wildman–Crippen MR) is 105 cm³/mol. The van der Waals surface area contributed by atoms with E-state index in [9.17, 15) is 9.59 Å². The SMILES string of the molecule is O=C(CNC(=O)c1cccs1)NC1CCN(Cc2ccc(Cl)cc2)CC1. The Morgan fingerprint density at radius 2 is 1.88 bits per heavy atom. The van der Waals surface area contributed by atoms with Gasteiger partial charge in [-0.3, -0.25) is 14.5 Å². The van der Waals surface area contributed by atoms with Crippen molar-refractivity contribution >= 4 is 34.8 Å². The second-order valence-electron chi connectivity index (χ2n) is 6.40. The van der Waals surface area contributed by atoms with Crippen molar-refractivity contribution in [3.05, 3.63) is 57.2 Å². The molecule has 1 aliphatic heterocycles. The molecule has 2 amide bonds. The van der Waals surface area contributed by atoms with Crippen LogP contribution in [0.15, 0.2) is 41.8 Å².